The molecule has 0 unspecified atom stereocenters. The summed E-state index contributed by atoms with van der Waals surface area (Å²) in [5.74, 6) is 0.718. The smallest absolute Gasteiger partial charge is 0.251 e. The maximum Gasteiger partial charge on any atom is 0.251 e. The number of nitrogens with one attached hydrogen (secondary N) is 1. The number of nitrogens with zero attached hydrogens (tertiary/aromatic N) is 3. The average Bonchev–Trinajstić information content (AvgIpc) is 2.73. The number of benzene rings is 2. The van der Waals surface area contributed by atoms with Crippen molar-refractivity contribution < 1.29 is 14.3 Å². The molecule has 0 aliphatic heterocycles. The zero-order chi connectivity index (χ0) is 19.9. The zero-order valence-corrected chi connectivity index (χ0v) is 14.8. The monoisotopic (exact) mass is 370 g/mol. The number of carbonyl (C=O) groups is 1. The van der Waals surface area contributed by atoms with Gasteiger partial charge >= 0.3 is 0 Å². The molecule has 0 bridgehead atoms. The minimum atomic E-state index is -0.339. The fourth-order valence-electron chi connectivity index (χ4n) is 2.36. The van der Waals surface area contributed by atoms with Crippen molar-refractivity contribution in [1.82, 2.24) is 10.3 Å². The molecule has 1 aromatic heterocycles. The Kier molecular flexibility index (Phi) is 5.49. The zero-order valence-electron chi connectivity index (χ0n) is 14.8. The number of ether oxygens (including phenoxy) is 2. The van der Waals surface area contributed by atoms with Crippen molar-refractivity contribution in [2.75, 3.05) is 7.05 Å². The van der Waals surface area contributed by atoms with Crippen LogP contribution in [0.3, 0.4) is 0 Å². The molecule has 7 nitrogen and oxygen atoms in total. The van der Waals surface area contributed by atoms with Gasteiger partial charge in [-0.15, -0.1) is 0 Å². The molecule has 0 saturated heterocycles. The van der Waals surface area contributed by atoms with E-state index in [4.69, 9.17) is 20.0 Å². The molecule has 0 atom stereocenters. The third kappa shape index (κ3) is 4.43. The molecule has 0 aliphatic rings. The van der Waals surface area contributed by atoms with Gasteiger partial charge in [-0.25, -0.2) is 0 Å². The minimum absolute atomic E-state index is 0.127. The molecule has 0 fully saturated rings. The summed E-state index contributed by atoms with van der Waals surface area (Å²) >= 11 is 0. The molecule has 2 aromatic carbocycles. The highest BCUT2D eigenvalue weighted by Crippen LogP contribution is 2.27. The van der Waals surface area contributed by atoms with Crippen LogP contribution in [0.15, 0.2) is 60.7 Å². The molecule has 28 heavy (non-hydrogen) atoms. The van der Waals surface area contributed by atoms with Gasteiger partial charge in [0.25, 0.3) is 5.91 Å². The largest absolute Gasteiger partial charge is 0.439 e. The van der Waals surface area contributed by atoms with E-state index in [9.17, 15) is 4.79 Å². The van der Waals surface area contributed by atoms with Crippen molar-refractivity contribution in [3.05, 3.63) is 77.4 Å². The molecular formula is C21H14N4O3. The maximum absolute atomic E-state index is 12.1. The van der Waals surface area contributed by atoms with E-state index in [1.54, 1.807) is 48.5 Å². The molecule has 0 radical (unpaired) electrons. The van der Waals surface area contributed by atoms with E-state index in [1.807, 2.05) is 12.1 Å². The number of rotatable bonds is 5. The first-order valence-electron chi connectivity index (χ1n) is 8.21. The van der Waals surface area contributed by atoms with Gasteiger partial charge in [0.15, 0.2) is 0 Å². The highest BCUT2D eigenvalue weighted by molar-refractivity contribution is 5.94. The highest BCUT2D eigenvalue weighted by atomic mass is 16.5. The predicted octanol–water partition coefficient (Wildman–Crippen LogP) is 3.77. The first-order chi connectivity index (χ1) is 13.6. The van der Waals surface area contributed by atoms with Gasteiger partial charge in [-0.05, 0) is 36.4 Å². The van der Waals surface area contributed by atoms with Gasteiger partial charge in [0.05, 0.1) is 28.8 Å². The second kappa shape index (κ2) is 8.35. The van der Waals surface area contributed by atoms with Crippen molar-refractivity contribution in [2.24, 2.45) is 0 Å². The fourth-order valence-corrected chi connectivity index (χ4v) is 2.36. The second-order valence-electron chi connectivity index (χ2n) is 5.59. The molecule has 136 valence electrons. The van der Waals surface area contributed by atoms with Crippen LogP contribution in [0.1, 0.15) is 21.5 Å². The van der Waals surface area contributed by atoms with E-state index < -0.39 is 0 Å². The summed E-state index contributed by atoms with van der Waals surface area (Å²) in [5.41, 5.74) is 1.16. The Hall–Kier alpha value is -4.36. The standard InChI is InChI=1S/C21H14N4O3/c1-24-21(26)16-10-19(27-17-6-2-4-14(8-17)12-22)25-20(11-16)28-18-7-3-5-15(9-18)13-23/h2-11H,1H3,(H,24,26). The van der Waals surface area contributed by atoms with Crippen molar-refractivity contribution in [3.63, 3.8) is 0 Å². The number of hydrogen-bond donors (Lipinski definition) is 1. The Morgan fingerprint density at radius 2 is 1.39 bits per heavy atom. The maximum atomic E-state index is 12.1. The number of amides is 1. The highest BCUT2D eigenvalue weighted by Gasteiger charge is 2.12. The van der Waals surface area contributed by atoms with E-state index in [0.29, 0.717) is 22.6 Å². The Morgan fingerprint density at radius 1 is 0.893 bits per heavy atom. The lowest BCUT2D eigenvalue weighted by Gasteiger charge is -2.11. The molecule has 1 amide bonds. The van der Waals surface area contributed by atoms with Gasteiger partial charge in [0.2, 0.25) is 11.8 Å². The van der Waals surface area contributed by atoms with E-state index >= 15 is 0 Å². The summed E-state index contributed by atoms with van der Waals surface area (Å²) < 4.78 is 11.4. The number of nitriles is 2. The van der Waals surface area contributed by atoms with Gasteiger partial charge in [-0.3, -0.25) is 4.79 Å². The Bertz CT molecular complexity index is 1040. The molecule has 3 aromatic rings. The summed E-state index contributed by atoms with van der Waals surface area (Å²) in [6.07, 6.45) is 0. The van der Waals surface area contributed by atoms with Crippen molar-refractivity contribution in [1.29, 1.82) is 10.5 Å². The van der Waals surface area contributed by atoms with Crippen LogP contribution < -0.4 is 14.8 Å². The molecule has 1 heterocycles. The quantitative estimate of drug-likeness (QED) is 0.732. The van der Waals surface area contributed by atoms with Crippen LogP contribution in [0.2, 0.25) is 0 Å². The lowest BCUT2D eigenvalue weighted by molar-refractivity contribution is 0.0962. The molecule has 3 rings (SSSR count). The van der Waals surface area contributed by atoms with E-state index in [0.717, 1.165) is 0 Å². The van der Waals surface area contributed by atoms with Crippen LogP contribution in [-0.2, 0) is 0 Å². The Balaban J connectivity index is 1.95. The van der Waals surface area contributed by atoms with Crippen LogP contribution in [-0.4, -0.2) is 17.9 Å². The summed E-state index contributed by atoms with van der Waals surface area (Å²) in [6.45, 7) is 0. The summed E-state index contributed by atoms with van der Waals surface area (Å²) in [7, 11) is 1.51. The van der Waals surface area contributed by atoms with Gasteiger partial charge in [-0.2, -0.15) is 15.5 Å². The predicted molar refractivity (Wildman–Crippen MR) is 100 cm³/mol. The molecule has 1 N–H and O–H groups in total. The summed E-state index contributed by atoms with van der Waals surface area (Å²) in [4.78, 5) is 16.3. The molecular weight excluding hydrogens is 356 g/mol. The lowest BCUT2D eigenvalue weighted by atomic mass is 10.2. The van der Waals surface area contributed by atoms with E-state index in [2.05, 4.69) is 10.3 Å². The Morgan fingerprint density at radius 3 is 1.82 bits per heavy atom. The van der Waals surface area contributed by atoms with Crippen LogP contribution >= 0.6 is 0 Å². The summed E-state index contributed by atoms with van der Waals surface area (Å²) in [5, 5.41) is 20.6. The van der Waals surface area contributed by atoms with Crippen LogP contribution in [0.4, 0.5) is 0 Å². The van der Waals surface area contributed by atoms with Gasteiger partial charge < -0.3 is 14.8 Å². The fraction of sp³-hybridized carbons (Fsp3) is 0.0476. The van der Waals surface area contributed by atoms with Gasteiger partial charge in [0, 0.05) is 19.2 Å². The third-order valence-corrected chi connectivity index (χ3v) is 3.64. The summed E-state index contributed by atoms with van der Waals surface area (Å²) in [6, 6.07) is 20.1. The van der Waals surface area contributed by atoms with Gasteiger partial charge in [0.1, 0.15) is 11.5 Å². The normalized spacial score (nSPS) is 9.68. The number of pyridine rings is 1. The molecule has 0 saturated carbocycles. The number of hydrogen-bond acceptors (Lipinski definition) is 6. The van der Waals surface area contributed by atoms with Crippen LogP contribution in [0.25, 0.3) is 0 Å². The SMILES string of the molecule is CNC(=O)c1cc(Oc2cccc(C#N)c2)nc(Oc2cccc(C#N)c2)c1. The topological polar surface area (TPSA) is 108 Å². The average molecular weight is 370 g/mol. The molecule has 0 spiro atoms. The first-order valence-corrected chi connectivity index (χ1v) is 8.21. The van der Waals surface area contributed by atoms with E-state index in [-0.39, 0.29) is 23.2 Å². The second-order valence-corrected chi connectivity index (χ2v) is 5.59. The lowest BCUT2D eigenvalue weighted by Crippen LogP contribution is -2.18. The first kappa shape index (κ1) is 18.4. The number of carbonyl (C=O) groups excluding carboxylic acids is 1. The van der Waals surface area contributed by atoms with Crippen LogP contribution in [0, 0.1) is 22.7 Å². The van der Waals surface area contributed by atoms with Crippen molar-refractivity contribution >= 4 is 5.91 Å². The van der Waals surface area contributed by atoms with Gasteiger partial charge in [-0.1, -0.05) is 12.1 Å². The third-order valence-electron chi connectivity index (χ3n) is 3.64. The molecule has 0 aliphatic carbocycles. The molecule has 7 heteroatoms. The Labute approximate surface area is 161 Å². The minimum Gasteiger partial charge on any atom is -0.439 e. The number of aromatic nitrogens is 1. The van der Waals surface area contributed by atoms with Crippen molar-refractivity contribution in [3.8, 4) is 35.4 Å². The van der Waals surface area contributed by atoms with E-state index in [1.165, 1.54) is 19.2 Å². The van der Waals surface area contributed by atoms with Crippen molar-refractivity contribution in [2.45, 2.75) is 0 Å². The van der Waals surface area contributed by atoms with Crippen LogP contribution in [0.5, 0.6) is 23.3 Å².